The number of aromatic nitrogens is 1. The largest absolute Gasteiger partial charge is 0.357 e. The summed E-state index contributed by atoms with van der Waals surface area (Å²) < 4.78 is 14.0. The minimum absolute atomic E-state index is 0. The summed E-state index contributed by atoms with van der Waals surface area (Å²) in [6.45, 7) is 12.2. The van der Waals surface area contributed by atoms with Crippen molar-refractivity contribution in [2.24, 2.45) is 10.9 Å². The first-order valence-corrected chi connectivity index (χ1v) is 10.7. The molecule has 0 radical (unpaired) electrons. The summed E-state index contributed by atoms with van der Waals surface area (Å²) in [5.74, 6) is 1.82. The molecule has 1 aromatic rings. The van der Waals surface area contributed by atoms with Crippen molar-refractivity contribution < 1.29 is 4.39 Å². The lowest BCUT2D eigenvalue weighted by atomic mass is 9.99. The molecule has 2 saturated heterocycles. The zero-order chi connectivity index (χ0) is 19.9. The Morgan fingerprint density at radius 3 is 2.90 bits per heavy atom. The van der Waals surface area contributed by atoms with Crippen molar-refractivity contribution in [2.45, 2.75) is 52.1 Å². The molecule has 29 heavy (non-hydrogen) atoms. The topological polar surface area (TPSA) is 55.8 Å². The molecule has 3 heterocycles. The van der Waals surface area contributed by atoms with Gasteiger partial charge in [-0.25, -0.2) is 9.37 Å². The van der Waals surface area contributed by atoms with Crippen molar-refractivity contribution >= 4 is 35.8 Å². The molecule has 2 aliphatic rings. The normalized spacial score (nSPS) is 24.1. The lowest BCUT2D eigenvalue weighted by Gasteiger charge is -2.35. The lowest BCUT2D eigenvalue weighted by Crippen LogP contribution is -2.46. The van der Waals surface area contributed by atoms with Gasteiger partial charge in [0.2, 0.25) is 0 Å². The van der Waals surface area contributed by atoms with Gasteiger partial charge in [-0.2, -0.15) is 0 Å². The van der Waals surface area contributed by atoms with E-state index in [0.29, 0.717) is 11.9 Å². The van der Waals surface area contributed by atoms with E-state index in [1.54, 1.807) is 12.3 Å². The number of guanidine groups is 1. The average molecular weight is 518 g/mol. The van der Waals surface area contributed by atoms with Gasteiger partial charge in [-0.15, -0.1) is 24.0 Å². The van der Waals surface area contributed by atoms with Gasteiger partial charge in [-0.3, -0.25) is 9.89 Å². The summed E-state index contributed by atoms with van der Waals surface area (Å²) in [7, 11) is 0. The second-order valence-electron chi connectivity index (χ2n) is 8.20. The van der Waals surface area contributed by atoms with Crippen molar-refractivity contribution in [2.75, 3.05) is 44.2 Å². The molecule has 0 amide bonds. The Morgan fingerprint density at radius 2 is 2.17 bits per heavy atom. The third-order valence-corrected chi connectivity index (χ3v) is 5.74. The predicted octanol–water partition coefficient (Wildman–Crippen LogP) is 3.09. The molecule has 0 aromatic carbocycles. The number of nitrogens with one attached hydrogen (secondary N) is 2. The van der Waals surface area contributed by atoms with Crippen LogP contribution in [0.2, 0.25) is 0 Å². The molecule has 0 saturated carbocycles. The summed E-state index contributed by atoms with van der Waals surface area (Å²) in [5.41, 5.74) is 0. The summed E-state index contributed by atoms with van der Waals surface area (Å²) in [6.07, 6.45) is 5.22. The zero-order valence-electron chi connectivity index (χ0n) is 17.9. The van der Waals surface area contributed by atoms with Crippen LogP contribution in [0.15, 0.2) is 23.3 Å². The van der Waals surface area contributed by atoms with Gasteiger partial charge in [0.1, 0.15) is 0 Å². The van der Waals surface area contributed by atoms with Crippen LogP contribution in [0.3, 0.4) is 0 Å². The van der Waals surface area contributed by atoms with Crippen molar-refractivity contribution in [1.82, 2.24) is 20.5 Å². The first-order valence-electron chi connectivity index (χ1n) is 10.7. The number of halogens is 2. The van der Waals surface area contributed by atoms with E-state index in [4.69, 9.17) is 4.99 Å². The van der Waals surface area contributed by atoms with Gasteiger partial charge >= 0.3 is 0 Å². The molecule has 3 rings (SSSR count). The van der Waals surface area contributed by atoms with E-state index in [9.17, 15) is 4.39 Å². The van der Waals surface area contributed by atoms with E-state index in [-0.39, 0.29) is 35.8 Å². The number of nitrogens with zero attached hydrogens (tertiary/aromatic N) is 4. The van der Waals surface area contributed by atoms with Crippen LogP contribution < -0.4 is 15.5 Å². The monoisotopic (exact) mass is 518 g/mol. The third-order valence-electron chi connectivity index (χ3n) is 5.74. The minimum atomic E-state index is -0.256. The predicted molar refractivity (Wildman–Crippen MR) is 129 cm³/mol. The molecule has 3 atom stereocenters. The van der Waals surface area contributed by atoms with Gasteiger partial charge in [0.15, 0.2) is 17.6 Å². The quantitative estimate of drug-likeness (QED) is 0.345. The van der Waals surface area contributed by atoms with Crippen molar-refractivity contribution in [3.05, 3.63) is 24.1 Å². The maximum atomic E-state index is 14.0. The van der Waals surface area contributed by atoms with E-state index < -0.39 is 0 Å². The van der Waals surface area contributed by atoms with E-state index in [2.05, 4.69) is 41.3 Å². The Morgan fingerprint density at radius 1 is 1.34 bits per heavy atom. The van der Waals surface area contributed by atoms with Crippen LogP contribution in [-0.2, 0) is 0 Å². The Bertz CT molecular complexity index is 658. The van der Waals surface area contributed by atoms with Gasteiger partial charge in [-0.1, -0.05) is 6.92 Å². The van der Waals surface area contributed by atoms with Gasteiger partial charge in [0, 0.05) is 44.5 Å². The molecule has 164 valence electrons. The van der Waals surface area contributed by atoms with Gasteiger partial charge < -0.3 is 15.5 Å². The molecule has 8 heteroatoms. The highest BCUT2D eigenvalue weighted by Gasteiger charge is 2.26. The average Bonchev–Trinajstić information content (AvgIpc) is 3.14. The number of pyridine rings is 1. The van der Waals surface area contributed by atoms with E-state index in [1.165, 1.54) is 32.0 Å². The van der Waals surface area contributed by atoms with Crippen LogP contribution >= 0.6 is 24.0 Å². The minimum Gasteiger partial charge on any atom is -0.357 e. The second kappa shape index (κ2) is 11.9. The number of hydrogen-bond donors (Lipinski definition) is 2. The molecular weight excluding hydrogens is 482 g/mol. The fraction of sp³-hybridized carbons (Fsp3) is 0.714. The highest BCUT2D eigenvalue weighted by Crippen LogP contribution is 2.21. The van der Waals surface area contributed by atoms with Crippen LogP contribution in [-0.4, -0.2) is 67.2 Å². The Balaban J connectivity index is 0.00000300. The van der Waals surface area contributed by atoms with Gasteiger partial charge in [-0.05, 0) is 57.7 Å². The summed E-state index contributed by atoms with van der Waals surface area (Å²) in [4.78, 5) is 13.6. The number of piperidine rings is 1. The maximum absolute atomic E-state index is 14.0. The fourth-order valence-electron chi connectivity index (χ4n) is 4.16. The van der Waals surface area contributed by atoms with Crippen LogP contribution in [0, 0.1) is 11.7 Å². The summed E-state index contributed by atoms with van der Waals surface area (Å²) in [5, 5.41) is 6.89. The SMILES string of the molecule is CCNC(=NCC(C)N1CCCC(C)C1)NC1CCN(c2ncccc2F)C1.I. The fourth-order valence-corrected chi connectivity index (χ4v) is 4.16. The highest BCUT2D eigenvalue weighted by molar-refractivity contribution is 14.0. The standard InChI is InChI=1S/C21H35FN6.HI/c1-4-23-21(25-13-17(3)27-11-6-7-16(2)14-27)26-18-9-12-28(15-18)20-19(22)8-5-10-24-20;/h5,8,10,16-18H,4,6-7,9,11-15H2,1-3H3,(H2,23,25,26);1H. The number of aliphatic imine (C=N–C) groups is 1. The van der Waals surface area contributed by atoms with Gasteiger partial charge in [0.25, 0.3) is 0 Å². The van der Waals surface area contributed by atoms with Crippen molar-refractivity contribution in [3.8, 4) is 0 Å². The highest BCUT2D eigenvalue weighted by atomic mass is 127. The van der Waals surface area contributed by atoms with Crippen LogP contribution in [0.1, 0.15) is 40.0 Å². The number of anilines is 1. The Labute approximate surface area is 191 Å². The summed E-state index contributed by atoms with van der Waals surface area (Å²) in [6, 6.07) is 3.79. The first-order chi connectivity index (χ1) is 13.6. The van der Waals surface area contributed by atoms with E-state index >= 15 is 0 Å². The van der Waals surface area contributed by atoms with E-state index in [0.717, 1.165) is 44.5 Å². The number of hydrogen-bond acceptors (Lipinski definition) is 4. The van der Waals surface area contributed by atoms with Crippen LogP contribution in [0.5, 0.6) is 0 Å². The molecule has 0 bridgehead atoms. The van der Waals surface area contributed by atoms with Crippen molar-refractivity contribution in [1.29, 1.82) is 0 Å². The van der Waals surface area contributed by atoms with Crippen LogP contribution in [0.4, 0.5) is 10.2 Å². The lowest BCUT2D eigenvalue weighted by molar-refractivity contribution is 0.142. The van der Waals surface area contributed by atoms with Gasteiger partial charge in [0.05, 0.1) is 6.54 Å². The van der Waals surface area contributed by atoms with Crippen molar-refractivity contribution in [3.63, 3.8) is 0 Å². The molecule has 1 aromatic heterocycles. The number of rotatable bonds is 6. The van der Waals surface area contributed by atoms with E-state index in [1.807, 2.05) is 4.90 Å². The number of likely N-dealkylation sites (tertiary alicyclic amines) is 1. The molecule has 0 spiro atoms. The molecule has 0 aliphatic carbocycles. The smallest absolute Gasteiger partial charge is 0.191 e. The van der Waals surface area contributed by atoms with Crippen LogP contribution in [0.25, 0.3) is 0 Å². The maximum Gasteiger partial charge on any atom is 0.191 e. The third kappa shape index (κ3) is 6.94. The molecule has 3 unspecified atom stereocenters. The molecule has 6 nitrogen and oxygen atoms in total. The second-order valence-corrected chi connectivity index (χ2v) is 8.20. The Hall–Kier alpha value is -1.16. The first kappa shape index (κ1) is 24.1. The molecule has 2 N–H and O–H groups in total. The summed E-state index contributed by atoms with van der Waals surface area (Å²) >= 11 is 0. The molecule has 2 aliphatic heterocycles. The molecular formula is C21H36FIN6. The molecule has 2 fully saturated rings. The Kier molecular flexibility index (Phi) is 9.88. The zero-order valence-corrected chi connectivity index (χ0v) is 20.2.